The Labute approximate surface area is 88.5 Å². The fraction of sp³-hybridized carbons (Fsp3) is 0.500. The van der Waals surface area contributed by atoms with Gasteiger partial charge in [-0.1, -0.05) is 0 Å². The molecule has 0 aliphatic heterocycles. The van der Waals surface area contributed by atoms with Crippen LogP contribution in [0.2, 0.25) is 0 Å². The van der Waals surface area contributed by atoms with Gasteiger partial charge in [-0.25, -0.2) is 0 Å². The molecule has 1 aromatic rings. The van der Waals surface area contributed by atoms with Gasteiger partial charge in [0.2, 0.25) is 5.91 Å². The first-order chi connectivity index (χ1) is 6.74. The molecular formula is C10H16N2OS. The molecule has 0 fully saturated rings. The third kappa shape index (κ3) is 3.47. The van der Waals surface area contributed by atoms with Gasteiger partial charge in [-0.3, -0.25) is 4.79 Å². The molecule has 14 heavy (non-hydrogen) atoms. The van der Waals surface area contributed by atoms with Crippen molar-refractivity contribution in [2.24, 2.45) is 0 Å². The summed E-state index contributed by atoms with van der Waals surface area (Å²) in [6.07, 6.45) is 0. The lowest BCUT2D eigenvalue weighted by Crippen LogP contribution is -2.33. The zero-order valence-corrected chi connectivity index (χ0v) is 9.41. The monoisotopic (exact) mass is 212 g/mol. The Morgan fingerprint density at radius 3 is 2.86 bits per heavy atom. The van der Waals surface area contributed by atoms with Gasteiger partial charge in [0.15, 0.2) is 0 Å². The number of hydrogen-bond acceptors (Lipinski definition) is 3. The number of likely N-dealkylation sites (N-methyl/N-ethyl adjacent to an activating group) is 1. The standard InChI is InChI=1S/C10H16N2OS/c1-3-12-10(13)5-11-4-9-7-14-6-8(9)2/h6-7,11H,3-5H2,1-2H3,(H,12,13). The number of carbonyl (C=O) groups excluding carboxylic acids is 1. The molecule has 1 heterocycles. The lowest BCUT2D eigenvalue weighted by atomic mass is 10.2. The van der Waals surface area contributed by atoms with Crippen LogP contribution < -0.4 is 10.6 Å². The molecule has 0 bridgehead atoms. The molecule has 1 rings (SSSR count). The van der Waals surface area contributed by atoms with Crippen LogP contribution in [-0.2, 0) is 11.3 Å². The van der Waals surface area contributed by atoms with Crippen molar-refractivity contribution in [1.29, 1.82) is 0 Å². The summed E-state index contributed by atoms with van der Waals surface area (Å²) in [6, 6.07) is 0. The van der Waals surface area contributed by atoms with Crippen LogP contribution in [0, 0.1) is 6.92 Å². The van der Waals surface area contributed by atoms with Crippen molar-refractivity contribution in [1.82, 2.24) is 10.6 Å². The third-order valence-corrected chi connectivity index (χ3v) is 2.85. The van der Waals surface area contributed by atoms with Crippen molar-refractivity contribution in [3.63, 3.8) is 0 Å². The van der Waals surface area contributed by atoms with E-state index in [4.69, 9.17) is 0 Å². The van der Waals surface area contributed by atoms with Crippen LogP contribution in [-0.4, -0.2) is 19.0 Å². The number of thiophene rings is 1. The Balaban J connectivity index is 2.22. The second-order valence-electron chi connectivity index (χ2n) is 3.14. The number of aryl methyl sites for hydroxylation is 1. The summed E-state index contributed by atoms with van der Waals surface area (Å²) in [5.41, 5.74) is 2.57. The number of amides is 1. The quantitative estimate of drug-likeness (QED) is 0.772. The number of hydrogen-bond donors (Lipinski definition) is 2. The molecule has 0 atom stereocenters. The summed E-state index contributed by atoms with van der Waals surface area (Å²) in [5.74, 6) is 0.0559. The number of carbonyl (C=O) groups is 1. The Kier molecular flexibility index (Phi) is 4.62. The summed E-state index contributed by atoms with van der Waals surface area (Å²) < 4.78 is 0. The SMILES string of the molecule is CCNC(=O)CNCc1cscc1C. The highest BCUT2D eigenvalue weighted by Gasteiger charge is 2.01. The average Bonchev–Trinajstić information content (AvgIpc) is 2.52. The van der Waals surface area contributed by atoms with Gasteiger partial charge in [0, 0.05) is 13.1 Å². The van der Waals surface area contributed by atoms with E-state index in [-0.39, 0.29) is 5.91 Å². The van der Waals surface area contributed by atoms with Gasteiger partial charge in [-0.05, 0) is 35.7 Å². The minimum Gasteiger partial charge on any atom is -0.355 e. The van der Waals surface area contributed by atoms with E-state index >= 15 is 0 Å². The predicted octanol–water partition coefficient (Wildman–Crippen LogP) is 1.28. The second-order valence-corrected chi connectivity index (χ2v) is 3.88. The summed E-state index contributed by atoms with van der Waals surface area (Å²) in [4.78, 5) is 11.1. The minimum atomic E-state index is 0.0559. The first-order valence-corrected chi connectivity index (χ1v) is 5.67. The topological polar surface area (TPSA) is 41.1 Å². The molecule has 0 aromatic carbocycles. The highest BCUT2D eigenvalue weighted by atomic mass is 32.1. The molecule has 0 spiro atoms. The number of nitrogens with one attached hydrogen (secondary N) is 2. The predicted molar refractivity (Wildman–Crippen MR) is 59.4 cm³/mol. The molecule has 4 heteroatoms. The van der Waals surface area contributed by atoms with Crippen LogP contribution in [0.3, 0.4) is 0 Å². The lowest BCUT2D eigenvalue weighted by Gasteiger charge is -2.04. The Bertz CT molecular complexity index is 296. The van der Waals surface area contributed by atoms with Crippen LogP contribution in [0.1, 0.15) is 18.1 Å². The first kappa shape index (κ1) is 11.2. The van der Waals surface area contributed by atoms with Crippen LogP contribution >= 0.6 is 11.3 Å². The molecule has 0 unspecified atom stereocenters. The molecule has 1 amide bonds. The molecule has 2 N–H and O–H groups in total. The zero-order chi connectivity index (χ0) is 10.4. The van der Waals surface area contributed by atoms with Gasteiger partial charge in [-0.2, -0.15) is 11.3 Å². The fourth-order valence-corrected chi connectivity index (χ4v) is 2.00. The summed E-state index contributed by atoms with van der Waals surface area (Å²) in [5, 5.41) is 10.1. The van der Waals surface area contributed by atoms with Crippen molar-refractivity contribution in [3.05, 3.63) is 21.9 Å². The van der Waals surface area contributed by atoms with Crippen molar-refractivity contribution in [2.75, 3.05) is 13.1 Å². The molecule has 1 aromatic heterocycles. The molecule has 0 saturated carbocycles. The van der Waals surface area contributed by atoms with Crippen LogP contribution in [0.4, 0.5) is 0 Å². The molecule has 3 nitrogen and oxygen atoms in total. The molecule has 0 aliphatic rings. The smallest absolute Gasteiger partial charge is 0.233 e. The number of rotatable bonds is 5. The van der Waals surface area contributed by atoms with Gasteiger partial charge in [0.1, 0.15) is 0 Å². The average molecular weight is 212 g/mol. The van der Waals surface area contributed by atoms with Crippen LogP contribution in [0.25, 0.3) is 0 Å². The molecule has 78 valence electrons. The molecule has 0 aliphatic carbocycles. The summed E-state index contributed by atoms with van der Waals surface area (Å²) in [6.45, 7) is 5.86. The van der Waals surface area contributed by atoms with Gasteiger partial charge >= 0.3 is 0 Å². The minimum absolute atomic E-state index is 0.0559. The highest BCUT2D eigenvalue weighted by molar-refractivity contribution is 7.08. The van der Waals surface area contributed by atoms with Crippen molar-refractivity contribution in [3.8, 4) is 0 Å². The van der Waals surface area contributed by atoms with Gasteiger partial charge in [0.05, 0.1) is 6.54 Å². The van der Waals surface area contributed by atoms with Gasteiger partial charge < -0.3 is 10.6 Å². The highest BCUT2D eigenvalue weighted by Crippen LogP contribution is 2.12. The van der Waals surface area contributed by atoms with Crippen molar-refractivity contribution >= 4 is 17.2 Å². The maximum Gasteiger partial charge on any atom is 0.233 e. The van der Waals surface area contributed by atoms with E-state index in [1.807, 2.05) is 6.92 Å². The van der Waals surface area contributed by atoms with Crippen molar-refractivity contribution in [2.45, 2.75) is 20.4 Å². The largest absolute Gasteiger partial charge is 0.355 e. The van der Waals surface area contributed by atoms with Crippen LogP contribution in [0.5, 0.6) is 0 Å². The molecule has 0 saturated heterocycles. The maximum absolute atomic E-state index is 11.1. The third-order valence-electron chi connectivity index (χ3n) is 1.94. The van der Waals surface area contributed by atoms with E-state index in [0.717, 1.165) is 6.54 Å². The van der Waals surface area contributed by atoms with E-state index < -0.39 is 0 Å². The van der Waals surface area contributed by atoms with E-state index in [2.05, 4.69) is 28.3 Å². The van der Waals surface area contributed by atoms with E-state index in [1.165, 1.54) is 11.1 Å². The Hall–Kier alpha value is -0.870. The van der Waals surface area contributed by atoms with Crippen LogP contribution in [0.15, 0.2) is 10.8 Å². The van der Waals surface area contributed by atoms with Gasteiger partial charge in [-0.15, -0.1) is 0 Å². The second kappa shape index (κ2) is 5.78. The van der Waals surface area contributed by atoms with Gasteiger partial charge in [0.25, 0.3) is 0 Å². The maximum atomic E-state index is 11.1. The van der Waals surface area contributed by atoms with Crippen molar-refractivity contribution < 1.29 is 4.79 Å². The van der Waals surface area contributed by atoms with E-state index in [9.17, 15) is 4.79 Å². The Morgan fingerprint density at radius 1 is 1.50 bits per heavy atom. The Morgan fingerprint density at radius 2 is 2.29 bits per heavy atom. The summed E-state index contributed by atoms with van der Waals surface area (Å²) >= 11 is 1.69. The van der Waals surface area contributed by atoms with E-state index in [0.29, 0.717) is 13.1 Å². The zero-order valence-electron chi connectivity index (χ0n) is 8.59. The molecule has 0 radical (unpaired) electrons. The first-order valence-electron chi connectivity index (χ1n) is 4.73. The fourth-order valence-electron chi connectivity index (χ4n) is 1.14. The van der Waals surface area contributed by atoms with E-state index in [1.54, 1.807) is 11.3 Å². The molecular weight excluding hydrogens is 196 g/mol. The normalized spacial score (nSPS) is 10.1. The lowest BCUT2D eigenvalue weighted by molar-refractivity contribution is -0.120. The summed E-state index contributed by atoms with van der Waals surface area (Å²) in [7, 11) is 0.